The zero-order valence-corrected chi connectivity index (χ0v) is 20.7. The van der Waals surface area contributed by atoms with Crippen molar-refractivity contribution in [2.45, 2.75) is 32.7 Å². The highest BCUT2D eigenvalue weighted by molar-refractivity contribution is 6.08. The Labute approximate surface area is 207 Å². The first-order chi connectivity index (χ1) is 17.2. The van der Waals surface area contributed by atoms with E-state index < -0.39 is 6.09 Å². The lowest BCUT2D eigenvalue weighted by Crippen LogP contribution is -2.42. The fraction of sp³-hybridized carbons (Fsp3) is 0.360. The van der Waals surface area contributed by atoms with Crippen molar-refractivity contribution in [1.82, 2.24) is 34.6 Å². The molecule has 4 aromatic rings. The lowest BCUT2D eigenvalue weighted by molar-refractivity contribution is 0.103. The number of carbonyl (C=O) groups is 2. The molecule has 0 saturated carbocycles. The summed E-state index contributed by atoms with van der Waals surface area (Å²) in [5.41, 5.74) is 3.58. The second-order valence-corrected chi connectivity index (χ2v) is 9.30. The Kier molecular flexibility index (Phi) is 6.00. The maximum atomic E-state index is 13.3. The quantitative estimate of drug-likeness (QED) is 0.406. The molecule has 0 unspecified atom stereocenters. The first-order valence-electron chi connectivity index (χ1n) is 11.8. The molecule has 1 saturated heterocycles. The van der Waals surface area contributed by atoms with E-state index in [0.29, 0.717) is 45.4 Å². The van der Waals surface area contributed by atoms with Crippen LogP contribution in [0.1, 0.15) is 40.4 Å². The minimum absolute atomic E-state index is 0.188. The highest BCUT2D eigenvalue weighted by atomic mass is 16.4. The van der Waals surface area contributed by atoms with Gasteiger partial charge in [0, 0.05) is 36.5 Å². The number of aryl methyl sites for hydroxylation is 1. The average molecular weight is 489 g/mol. The largest absolute Gasteiger partial charge is 0.463 e. The third kappa shape index (κ3) is 4.22. The minimum atomic E-state index is -1.18. The first kappa shape index (κ1) is 23.6. The summed E-state index contributed by atoms with van der Waals surface area (Å²) in [5, 5.41) is 13.4. The standard InChI is InChI=1S/C25H28N8O3/c1-14-21(15(2)33(30-14)25(35)36)19-13-16(7-10-26-19)22(34)24-27-18-5-6-20(28-23(18)29-24)32-11-8-17(9-12-32)31(3)4/h5-7,10,13,17H,8-9,11-12H2,1-4H3,(H,35,36)(H,27,28,29). The van der Waals surface area contributed by atoms with Gasteiger partial charge in [0.15, 0.2) is 11.5 Å². The van der Waals surface area contributed by atoms with Crippen molar-refractivity contribution in [2.75, 3.05) is 32.1 Å². The van der Waals surface area contributed by atoms with Gasteiger partial charge < -0.3 is 19.9 Å². The number of carboxylic acid groups (broad SMARTS) is 1. The number of fused-ring (bicyclic) bond motifs is 1. The van der Waals surface area contributed by atoms with Gasteiger partial charge in [-0.25, -0.2) is 14.8 Å². The van der Waals surface area contributed by atoms with E-state index in [-0.39, 0.29) is 11.6 Å². The lowest BCUT2D eigenvalue weighted by atomic mass is 10.0. The van der Waals surface area contributed by atoms with Crippen LogP contribution in [-0.4, -0.2) is 84.8 Å². The van der Waals surface area contributed by atoms with Crippen molar-refractivity contribution in [3.8, 4) is 11.3 Å². The van der Waals surface area contributed by atoms with Crippen LogP contribution in [0.4, 0.5) is 10.6 Å². The minimum Gasteiger partial charge on any atom is -0.463 e. The van der Waals surface area contributed by atoms with Crippen molar-refractivity contribution in [2.24, 2.45) is 0 Å². The number of nitrogens with one attached hydrogen (secondary N) is 1. The monoisotopic (exact) mass is 488 g/mol. The highest BCUT2D eigenvalue weighted by Crippen LogP contribution is 2.27. The third-order valence-corrected chi connectivity index (χ3v) is 6.81. The van der Waals surface area contributed by atoms with E-state index in [1.165, 1.54) is 6.20 Å². The molecule has 36 heavy (non-hydrogen) atoms. The average Bonchev–Trinajstić information content (AvgIpc) is 3.43. The van der Waals surface area contributed by atoms with E-state index in [4.69, 9.17) is 4.98 Å². The molecule has 0 bridgehead atoms. The van der Waals surface area contributed by atoms with Crippen LogP contribution < -0.4 is 4.90 Å². The summed E-state index contributed by atoms with van der Waals surface area (Å²) in [7, 11) is 4.23. The van der Waals surface area contributed by atoms with Crippen molar-refractivity contribution < 1.29 is 14.7 Å². The number of pyridine rings is 2. The number of anilines is 1. The molecule has 2 N–H and O–H groups in total. The molecule has 11 heteroatoms. The van der Waals surface area contributed by atoms with E-state index in [9.17, 15) is 14.7 Å². The molecule has 5 rings (SSSR count). The van der Waals surface area contributed by atoms with Crippen LogP contribution in [0.5, 0.6) is 0 Å². The van der Waals surface area contributed by atoms with Crippen molar-refractivity contribution >= 4 is 28.9 Å². The van der Waals surface area contributed by atoms with Gasteiger partial charge >= 0.3 is 6.09 Å². The van der Waals surface area contributed by atoms with Gasteiger partial charge in [0.1, 0.15) is 11.3 Å². The summed E-state index contributed by atoms with van der Waals surface area (Å²) in [4.78, 5) is 45.9. The number of hydrogen-bond acceptors (Lipinski definition) is 8. The summed E-state index contributed by atoms with van der Waals surface area (Å²) in [6.07, 6.45) is 2.50. The van der Waals surface area contributed by atoms with Crippen LogP contribution in [0.3, 0.4) is 0 Å². The fourth-order valence-electron chi connectivity index (χ4n) is 4.82. The molecule has 1 aliphatic rings. The Bertz CT molecular complexity index is 1460. The van der Waals surface area contributed by atoms with Crippen LogP contribution in [0.15, 0.2) is 30.5 Å². The molecule has 0 radical (unpaired) electrons. The van der Waals surface area contributed by atoms with Crippen LogP contribution in [0, 0.1) is 13.8 Å². The van der Waals surface area contributed by atoms with Gasteiger partial charge in [-0.2, -0.15) is 9.78 Å². The normalized spacial score (nSPS) is 14.6. The molecule has 186 valence electrons. The van der Waals surface area contributed by atoms with Crippen molar-refractivity contribution in [3.63, 3.8) is 0 Å². The van der Waals surface area contributed by atoms with E-state index in [0.717, 1.165) is 36.4 Å². The molecule has 5 heterocycles. The molecule has 0 amide bonds. The van der Waals surface area contributed by atoms with Crippen molar-refractivity contribution in [3.05, 3.63) is 53.2 Å². The van der Waals surface area contributed by atoms with Crippen LogP contribution >= 0.6 is 0 Å². The van der Waals surface area contributed by atoms with Crippen molar-refractivity contribution in [1.29, 1.82) is 0 Å². The molecule has 0 atom stereocenters. The van der Waals surface area contributed by atoms with Crippen LogP contribution in [-0.2, 0) is 0 Å². The number of piperidine rings is 1. The number of ketones is 1. The number of carbonyl (C=O) groups excluding carboxylic acids is 1. The van der Waals surface area contributed by atoms with Crippen LogP contribution in [0.2, 0.25) is 0 Å². The number of H-pyrrole nitrogens is 1. The number of aromatic nitrogens is 6. The number of rotatable bonds is 5. The van der Waals surface area contributed by atoms with Gasteiger partial charge in [-0.05, 0) is 65.0 Å². The SMILES string of the molecule is Cc1nn(C(=O)O)c(C)c1-c1cc(C(=O)c2nc3ccc(N4CCC(N(C)C)CC4)nc3[nH]2)ccn1. The predicted octanol–water partition coefficient (Wildman–Crippen LogP) is 3.12. The topological polar surface area (TPSA) is 133 Å². The predicted molar refractivity (Wildman–Crippen MR) is 135 cm³/mol. The summed E-state index contributed by atoms with van der Waals surface area (Å²) < 4.78 is 0.909. The van der Waals surface area contributed by atoms with Gasteiger partial charge in [-0.3, -0.25) is 9.78 Å². The molecule has 1 fully saturated rings. The first-order valence-corrected chi connectivity index (χ1v) is 11.8. The smallest absolute Gasteiger partial charge is 0.432 e. The number of aromatic amines is 1. The molecule has 1 aliphatic heterocycles. The number of nitrogens with zero attached hydrogens (tertiary/aromatic N) is 7. The molecular formula is C25H28N8O3. The molecule has 11 nitrogen and oxygen atoms in total. The van der Waals surface area contributed by atoms with Gasteiger partial charge in [0.05, 0.1) is 17.1 Å². The van der Waals surface area contributed by atoms with E-state index in [2.05, 4.69) is 43.9 Å². The Morgan fingerprint density at radius 3 is 2.53 bits per heavy atom. The summed E-state index contributed by atoms with van der Waals surface area (Å²) >= 11 is 0. The second kappa shape index (κ2) is 9.15. The Hall–Kier alpha value is -4.12. The third-order valence-electron chi connectivity index (χ3n) is 6.81. The Balaban J connectivity index is 1.41. The summed E-state index contributed by atoms with van der Waals surface area (Å²) in [5.74, 6) is 0.758. The fourth-order valence-corrected chi connectivity index (χ4v) is 4.82. The number of hydrogen-bond donors (Lipinski definition) is 2. The summed E-state index contributed by atoms with van der Waals surface area (Å²) in [6.45, 7) is 5.23. The van der Waals surface area contributed by atoms with E-state index in [1.807, 2.05) is 12.1 Å². The maximum absolute atomic E-state index is 13.3. The molecule has 0 spiro atoms. The van der Waals surface area contributed by atoms with E-state index in [1.54, 1.807) is 26.0 Å². The van der Waals surface area contributed by atoms with Gasteiger partial charge in [0.2, 0.25) is 5.78 Å². The van der Waals surface area contributed by atoms with Gasteiger partial charge in [-0.1, -0.05) is 0 Å². The Morgan fingerprint density at radius 1 is 1.11 bits per heavy atom. The maximum Gasteiger partial charge on any atom is 0.432 e. The molecule has 4 aromatic heterocycles. The van der Waals surface area contributed by atoms with E-state index >= 15 is 0 Å². The Morgan fingerprint density at radius 2 is 1.86 bits per heavy atom. The molecule has 0 aliphatic carbocycles. The highest BCUT2D eigenvalue weighted by Gasteiger charge is 2.23. The summed E-state index contributed by atoms with van der Waals surface area (Å²) in [6, 6.07) is 7.65. The lowest BCUT2D eigenvalue weighted by Gasteiger charge is -2.35. The van der Waals surface area contributed by atoms with Gasteiger partial charge in [0.25, 0.3) is 0 Å². The zero-order valence-electron chi connectivity index (χ0n) is 20.7. The number of imidazole rings is 1. The molecular weight excluding hydrogens is 460 g/mol. The van der Waals surface area contributed by atoms with Gasteiger partial charge in [-0.15, -0.1) is 0 Å². The molecule has 0 aromatic carbocycles. The zero-order chi connectivity index (χ0) is 25.6. The second-order valence-electron chi connectivity index (χ2n) is 9.30. The van der Waals surface area contributed by atoms with Crippen LogP contribution in [0.25, 0.3) is 22.4 Å².